The van der Waals surface area contributed by atoms with Crippen molar-refractivity contribution in [3.63, 3.8) is 0 Å². The first-order chi connectivity index (χ1) is 10.3. The number of aliphatic hydroxyl groups excluding tert-OH is 1. The van der Waals surface area contributed by atoms with Crippen LogP contribution in [-0.4, -0.2) is 39.9 Å². The van der Waals surface area contributed by atoms with E-state index in [0.29, 0.717) is 30.9 Å². The van der Waals surface area contributed by atoms with Crippen molar-refractivity contribution in [2.45, 2.75) is 19.4 Å². The monoisotopic (exact) mass is 351 g/mol. The SMILES string of the molecule is OCC1CCN(Cc2nnc(-c3ccccc3Br)o2)CC1. The Kier molecular flexibility index (Phi) is 4.67. The zero-order valence-corrected chi connectivity index (χ0v) is 13.3. The highest BCUT2D eigenvalue weighted by molar-refractivity contribution is 9.10. The lowest BCUT2D eigenvalue weighted by Crippen LogP contribution is -2.34. The lowest BCUT2D eigenvalue weighted by molar-refractivity contribution is 0.121. The van der Waals surface area contributed by atoms with Crippen molar-refractivity contribution in [2.75, 3.05) is 19.7 Å². The molecule has 1 aromatic carbocycles. The number of hydrogen-bond donors (Lipinski definition) is 1. The molecule has 1 aliphatic heterocycles. The lowest BCUT2D eigenvalue weighted by Gasteiger charge is -2.29. The van der Waals surface area contributed by atoms with E-state index in [-0.39, 0.29) is 0 Å². The highest BCUT2D eigenvalue weighted by Gasteiger charge is 2.20. The first-order valence-electron chi connectivity index (χ1n) is 7.17. The molecule has 0 saturated carbocycles. The van der Waals surface area contributed by atoms with Crippen LogP contribution in [0.25, 0.3) is 11.5 Å². The second-order valence-corrected chi connectivity index (χ2v) is 6.24. The first-order valence-corrected chi connectivity index (χ1v) is 7.96. The molecule has 2 aromatic rings. The summed E-state index contributed by atoms with van der Waals surface area (Å²) in [7, 11) is 0. The van der Waals surface area contributed by atoms with Gasteiger partial charge >= 0.3 is 0 Å². The third kappa shape index (κ3) is 3.51. The molecular weight excluding hydrogens is 334 g/mol. The standard InChI is InChI=1S/C15H18BrN3O2/c16-13-4-2-1-3-12(13)15-18-17-14(21-15)9-19-7-5-11(10-20)6-8-19/h1-4,11,20H,5-10H2. The van der Waals surface area contributed by atoms with E-state index in [1.165, 1.54) is 0 Å². The van der Waals surface area contributed by atoms with Crippen molar-refractivity contribution in [3.05, 3.63) is 34.6 Å². The minimum atomic E-state index is 0.292. The molecule has 1 N–H and O–H groups in total. The van der Waals surface area contributed by atoms with Crippen LogP contribution in [0.15, 0.2) is 33.2 Å². The van der Waals surface area contributed by atoms with E-state index in [4.69, 9.17) is 9.52 Å². The van der Waals surface area contributed by atoms with Gasteiger partial charge in [0, 0.05) is 11.1 Å². The molecule has 2 heterocycles. The Morgan fingerprint density at radius 1 is 1.24 bits per heavy atom. The Morgan fingerprint density at radius 3 is 2.71 bits per heavy atom. The van der Waals surface area contributed by atoms with Gasteiger partial charge in [0.05, 0.1) is 12.1 Å². The second-order valence-electron chi connectivity index (χ2n) is 5.38. The number of benzene rings is 1. The van der Waals surface area contributed by atoms with Gasteiger partial charge in [0.15, 0.2) is 0 Å². The van der Waals surface area contributed by atoms with Gasteiger partial charge in [-0.1, -0.05) is 12.1 Å². The smallest absolute Gasteiger partial charge is 0.248 e. The Bertz CT molecular complexity index is 594. The molecule has 112 valence electrons. The summed E-state index contributed by atoms with van der Waals surface area (Å²) in [6.07, 6.45) is 2.06. The van der Waals surface area contributed by atoms with Crippen LogP contribution in [0.1, 0.15) is 18.7 Å². The maximum atomic E-state index is 9.16. The van der Waals surface area contributed by atoms with Gasteiger partial charge in [-0.05, 0) is 59.9 Å². The number of likely N-dealkylation sites (tertiary alicyclic amines) is 1. The number of nitrogens with zero attached hydrogens (tertiary/aromatic N) is 3. The number of aliphatic hydroxyl groups is 1. The fourth-order valence-electron chi connectivity index (χ4n) is 2.58. The van der Waals surface area contributed by atoms with Gasteiger partial charge in [0.2, 0.25) is 11.8 Å². The normalized spacial score (nSPS) is 17.2. The van der Waals surface area contributed by atoms with Gasteiger partial charge in [0.1, 0.15) is 0 Å². The van der Waals surface area contributed by atoms with E-state index in [1.54, 1.807) is 0 Å². The minimum absolute atomic E-state index is 0.292. The summed E-state index contributed by atoms with van der Waals surface area (Å²) in [6, 6.07) is 7.81. The Morgan fingerprint density at radius 2 is 2.00 bits per heavy atom. The molecule has 0 spiro atoms. The van der Waals surface area contributed by atoms with Gasteiger partial charge < -0.3 is 9.52 Å². The molecule has 0 aliphatic carbocycles. The van der Waals surface area contributed by atoms with E-state index in [0.717, 1.165) is 36.0 Å². The van der Waals surface area contributed by atoms with Gasteiger partial charge in [-0.2, -0.15) is 0 Å². The minimum Gasteiger partial charge on any atom is -0.419 e. The fourth-order valence-corrected chi connectivity index (χ4v) is 3.03. The number of hydrogen-bond acceptors (Lipinski definition) is 5. The maximum absolute atomic E-state index is 9.16. The predicted molar refractivity (Wildman–Crippen MR) is 82.5 cm³/mol. The van der Waals surface area contributed by atoms with Gasteiger partial charge in [-0.15, -0.1) is 10.2 Å². The van der Waals surface area contributed by atoms with Crippen LogP contribution in [0.4, 0.5) is 0 Å². The van der Waals surface area contributed by atoms with Crippen molar-refractivity contribution in [2.24, 2.45) is 5.92 Å². The zero-order chi connectivity index (χ0) is 14.7. The van der Waals surface area contributed by atoms with E-state index in [2.05, 4.69) is 31.0 Å². The molecule has 1 fully saturated rings. The molecule has 1 aromatic heterocycles. The van der Waals surface area contributed by atoms with Gasteiger partial charge in [0.25, 0.3) is 0 Å². The average molecular weight is 352 g/mol. The van der Waals surface area contributed by atoms with E-state index in [9.17, 15) is 0 Å². The molecule has 1 aliphatic rings. The van der Waals surface area contributed by atoms with Crippen LogP contribution >= 0.6 is 15.9 Å². The van der Waals surface area contributed by atoms with Crippen molar-refractivity contribution in [1.82, 2.24) is 15.1 Å². The van der Waals surface area contributed by atoms with Gasteiger partial charge in [-0.25, -0.2) is 0 Å². The van der Waals surface area contributed by atoms with Crippen molar-refractivity contribution in [1.29, 1.82) is 0 Å². The van der Waals surface area contributed by atoms with Crippen LogP contribution in [0.2, 0.25) is 0 Å². The molecule has 5 nitrogen and oxygen atoms in total. The summed E-state index contributed by atoms with van der Waals surface area (Å²) in [5.41, 5.74) is 0.912. The van der Waals surface area contributed by atoms with E-state index in [1.807, 2.05) is 24.3 Å². The van der Waals surface area contributed by atoms with Crippen molar-refractivity contribution < 1.29 is 9.52 Å². The highest BCUT2D eigenvalue weighted by atomic mass is 79.9. The zero-order valence-electron chi connectivity index (χ0n) is 11.7. The van der Waals surface area contributed by atoms with E-state index >= 15 is 0 Å². The molecule has 1 saturated heterocycles. The number of rotatable bonds is 4. The van der Waals surface area contributed by atoms with Crippen LogP contribution in [-0.2, 0) is 6.54 Å². The first kappa shape index (κ1) is 14.7. The molecule has 6 heteroatoms. The molecule has 3 rings (SSSR count). The molecule has 0 amide bonds. The molecule has 21 heavy (non-hydrogen) atoms. The Balaban J connectivity index is 1.65. The summed E-state index contributed by atoms with van der Waals surface area (Å²) in [5.74, 6) is 1.63. The summed E-state index contributed by atoms with van der Waals surface area (Å²) in [5, 5.41) is 17.4. The quantitative estimate of drug-likeness (QED) is 0.917. The van der Waals surface area contributed by atoms with Crippen LogP contribution in [0.3, 0.4) is 0 Å². The third-order valence-electron chi connectivity index (χ3n) is 3.90. The molecule has 0 atom stereocenters. The van der Waals surface area contributed by atoms with Gasteiger partial charge in [-0.3, -0.25) is 4.90 Å². The molecule has 0 radical (unpaired) electrons. The van der Waals surface area contributed by atoms with Crippen molar-refractivity contribution >= 4 is 15.9 Å². The number of piperidine rings is 1. The summed E-state index contributed by atoms with van der Waals surface area (Å²) in [4.78, 5) is 2.30. The van der Waals surface area contributed by atoms with E-state index < -0.39 is 0 Å². The fraction of sp³-hybridized carbons (Fsp3) is 0.467. The number of aromatic nitrogens is 2. The molecular formula is C15H18BrN3O2. The van der Waals surface area contributed by atoms with Crippen LogP contribution < -0.4 is 0 Å². The Labute approximate surface area is 132 Å². The highest BCUT2D eigenvalue weighted by Crippen LogP contribution is 2.27. The summed E-state index contributed by atoms with van der Waals surface area (Å²) >= 11 is 3.49. The summed E-state index contributed by atoms with van der Waals surface area (Å²) in [6.45, 7) is 2.91. The van der Waals surface area contributed by atoms with Crippen LogP contribution in [0.5, 0.6) is 0 Å². The largest absolute Gasteiger partial charge is 0.419 e. The second kappa shape index (κ2) is 6.68. The number of halogens is 1. The Hall–Kier alpha value is -1.24. The summed E-state index contributed by atoms with van der Waals surface area (Å²) < 4.78 is 6.71. The van der Waals surface area contributed by atoms with Crippen molar-refractivity contribution in [3.8, 4) is 11.5 Å². The maximum Gasteiger partial charge on any atom is 0.248 e. The topological polar surface area (TPSA) is 62.4 Å². The third-order valence-corrected chi connectivity index (χ3v) is 4.59. The molecule has 0 bridgehead atoms. The predicted octanol–water partition coefficient (Wildman–Crippen LogP) is 2.70. The van der Waals surface area contributed by atoms with Crippen LogP contribution in [0, 0.1) is 5.92 Å². The molecule has 0 unspecified atom stereocenters. The average Bonchev–Trinajstić information content (AvgIpc) is 2.97. The lowest BCUT2D eigenvalue weighted by atomic mass is 9.98.